The van der Waals surface area contributed by atoms with Crippen molar-refractivity contribution in [2.24, 2.45) is 5.92 Å². The van der Waals surface area contributed by atoms with Crippen molar-refractivity contribution in [1.82, 2.24) is 9.88 Å². The SMILES string of the molecule is Cc1noc(C)c1CC(C)NS(=O)(=O)C1(C(C)C)CC1. The molecule has 0 aromatic carbocycles. The first kappa shape index (κ1) is 15.5. The van der Waals surface area contributed by atoms with Gasteiger partial charge in [0.05, 0.1) is 10.4 Å². The number of hydrogen-bond acceptors (Lipinski definition) is 4. The first-order valence-corrected chi connectivity index (χ1v) is 8.61. The van der Waals surface area contributed by atoms with E-state index in [-0.39, 0.29) is 12.0 Å². The molecule has 1 unspecified atom stereocenters. The average molecular weight is 300 g/mol. The Hall–Kier alpha value is -0.880. The summed E-state index contributed by atoms with van der Waals surface area (Å²) in [6.45, 7) is 9.58. The molecule has 0 bridgehead atoms. The minimum absolute atomic E-state index is 0.145. The molecule has 1 atom stereocenters. The monoisotopic (exact) mass is 300 g/mol. The molecule has 1 saturated carbocycles. The molecule has 1 aromatic heterocycles. The van der Waals surface area contributed by atoms with E-state index in [1.54, 1.807) is 0 Å². The van der Waals surface area contributed by atoms with Crippen molar-refractivity contribution in [3.8, 4) is 0 Å². The number of nitrogens with zero attached hydrogens (tertiary/aromatic N) is 1. The number of hydrogen-bond donors (Lipinski definition) is 1. The maximum absolute atomic E-state index is 12.5. The maximum Gasteiger partial charge on any atom is 0.217 e. The molecule has 1 aromatic rings. The Balaban J connectivity index is 2.07. The smallest absolute Gasteiger partial charge is 0.217 e. The van der Waals surface area contributed by atoms with Crippen LogP contribution in [0, 0.1) is 19.8 Å². The van der Waals surface area contributed by atoms with Gasteiger partial charge in [0.1, 0.15) is 5.76 Å². The Morgan fingerprint density at radius 3 is 2.30 bits per heavy atom. The average Bonchev–Trinajstić information content (AvgIpc) is 3.08. The quantitative estimate of drug-likeness (QED) is 0.875. The van der Waals surface area contributed by atoms with Crippen LogP contribution < -0.4 is 4.72 Å². The van der Waals surface area contributed by atoms with Crippen molar-refractivity contribution < 1.29 is 12.9 Å². The van der Waals surface area contributed by atoms with Crippen molar-refractivity contribution in [3.05, 3.63) is 17.0 Å². The van der Waals surface area contributed by atoms with E-state index in [1.807, 2.05) is 34.6 Å². The third-order valence-electron chi connectivity index (χ3n) is 4.38. The van der Waals surface area contributed by atoms with Crippen LogP contribution in [-0.2, 0) is 16.4 Å². The largest absolute Gasteiger partial charge is 0.361 e. The van der Waals surface area contributed by atoms with Gasteiger partial charge >= 0.3 is 0 Å². The Kier molecular flexibility index (Phi) is 3.99. The summed E-state index contributed by atoms with van der Waals surface area (Å²) in [6.07, 6.45) is 2.13. The molecular weight excluding hydrogens is 276 g/mol. The minimum atomic E-state index is -3.28. The highest BCUT2D eigenvalue weighted by Crippen LogP contribution is 2.49. The lowest BCUT2D eigenvalue weighted by atomic mass is 10.1. The number of rotatable bonds is 6. The third-order valence-corrected chi connectivity index (χ3v) is 7.04. The van der Waals surface area contributed by atoms with Crippen LogP contribution in [-0.4, -0.2) is 24.4 Å². The lowest BCUT2D eigenvalue weighted by Crippen LogP contribution is -2.44. The van der Waals surface area contributed by atoms with Crippen molar-refractivity contribution >= 4 is 10.0 Å². The van der Waals surface area contributed by atoms with Gasteiger partial charge in [-0.3, -0.25) is 0 Å². The number of sulfonamides is 1. The van der Waals surface area contributed by atoms with Crippen molar-refractivity contribution in [2.75, 3.05) is 0 Å². The summed E-state index contributed by atoms with van der Waals surface area (Å²) in [6, 6.07) is -0.159. The second-order valence-electron chi connectivity index (χ2n) is 6.25. The van der Waals surface area contributed by atoms with Crippen LogP contribution in [0.5, 0.6) is 0 Å². The molecule has 1 aliphatic rings. The van der Waals surface area contributed by atoms with E-state index in [2.05, 4.69) is 9.88 Å². The van der Waals surface area contributed by atoms with Crippen LogP contribution in [0.3, 0.4) is 0 Å². The first-order chi connectivity index (χ1) is 9.19. The van der Waals surface area contributed by atoms with E-state index in [0.717, 1.165) is 29.9 Å². The fourth-order valence-electron chi connectivity index (χ4n) is 2.80. The third kappa shape index (κ3) is 2.63. The van der Waals surface area contributed by atoms with Crippen molar-refractivity contribution in [3.63, 3.8) is 0 Å². The zero-order chi connectivity index (χ0) is 15.1. The zero-order valence-electron chi connectivity index (χ0n) is 12.9. The highest BCUT2D eigenvalue weighted by atomic mass is 32.2. The van der Waals surface area contributed by atoms with Crippen LogP contribution in [0.15, 0.2) is 4.52 Å². The van der Waals surface area contributed by atoms with Gasteiger partial charge in [-0.2, -0.15) is 0 Å². The molecule has 1 N–H and O–H groups in total. The van der Waals surface area contributed by atoms with Crippen molar-refractivity contribution in [1.29, 1.82) is 0 Å². The van der Waals surface area contributed by atoms with Crippen LogP contribution in [0.4, 0.5) is 0 Å². The molecule has 2 rings (SSSR count). The van der Waals surface area contributed by atoms with Gasteiger partial charge in [0.25, 0.3) is 0 Å². The number of aryl methyl sites for hydroxylation is 2. The van der Waals surface area contributed by atoms with E-state index in [0.29, 0.717) is 6.42 Å². The molecule has 114 valence electrons. The van der Waals surface area contributed by atoms with Crippen LogP contribution in [0.1, 0.15) is 50.6 Å². The first-order valence-electron chi connectivity index (χ1n) is 7.13. The fourth-order valence-corrected chi connectivity index (χ4v) is 4.91. The van der Waals surface area contributed by atoms with Gasteiger partial charge in [0, 0.05) is 11.6 Å². The number of nitrogens with one attached hydrogen (secondary N) is 1. The molecule has 5 nitrogen and oxygen atoms in total. The second-order valence-corrected chi connectivity index (χ2v) is 8.30. The van der Waals surface area contributed by atoms with E-state index >= 15 is 0 Å². The molecule has 0 amide bonds. The van der Waals surface area contributed by atoms with Gasteiger partial charge in [0.2, 0.25) is 10.0 Å². The van der Waals surface area contributed by atoms with Crippen molar-refractivity contribution in [2.45, 2.75) is 64.7 Å². The molecule has 1 aliphatic carbocycles. The molecule has 1 heterocycles. The maximum atomic E-state index is 12.5. The summed E-state index contributed by atoms with van der Waals surface area (Å²) in [5.41, 5.74) is 1.83. The lowest BCUT2D eigenvalue weighted by molar-refractivity contribution is 0.391. The highest BCUT2D eigenvalue weighted by Gasteiger charge is 2.56. The molecule has 0 saturated heterocycles. The van der Waals surface area contributed by atoms with E-state index in [9.17, 15) is 8.42 Å². The summed E-state index contributed by atoms with van der Waals surface area (Å²) in [4.78, 5) is 0. The van der Waals surface area contributed by atoms with Gasteiger partial charge in [0.15, 0.2) is 0 Å². The molecule has 0 spiro atoms. The number of aromatic nitrogens is 1. The van der Waals surface area contributed by atoms with E-state index < -0.39 is 14.8 Å². The minimum Gasteiger partial charge on any atom is -0.361 e. The van der Waals surface area contributed by atoms with E-state index in [1.165, 1.54) is 0 Å². The summed E-state index contributed by atoms with van der Waals surface area (Å²) in [5.74, 6) is 0.907. The second kappa shape index (κ2) is 5.15. The van der Waals surface area contributed by atoms with Gasteiger partial charge in [-0.25, -0.2) is 13.1 Å². The lowest BCUT2D eigenvalue weighted by Gasteiger charge is -2.23. The highest BCUT2D eigenvalue weighted by molar-refractivity contribution is 7.91. The molecule has 0 radical (unpaired) electrons. The molecule has 6 heteroatoms. The molecule has 1 fully saturated rings. The summed E-state index contributed by atoms with van der Waals surface area (Å²) in [5, 5.41) is 3.90. The normalized spacial score (nSPS) is 19.3. The van der Waals surface area contributed by atoms with Gasteiger partial charge in [-0.1, -0.05) is 19.0 Å². The zero-order valence-corrected chi connectivity index (χ0v) is 13.7. The van der Waals surface area contributed by atoms with Gasteiger partial charge in [-0.15, -0.1) is 0 Å². The van der Waals surface area contributed by atoms with Crippen LogP contribution in [0.2, 0.25) is 0 Å². The Labute approximate surface area is 121 Å². The summed E-state index contributed by atoms with van der Waals surface area (Å²) in [7, 11) is -3.28. The topological polar surface area (TPSA) is 72.2 Å². The summed E-state index contributed by atoms with van der Waals surface area (Å²) < 4.78 is 32.4. The summed E-state index contributed by atoms with van der Waals surface area (Å²) >= 11 is 0. The van der Waals surface area contributed by atoms with E-state index in [4.69, 9.17) is 4.52 Å². The predicted octanol–water partition coefficient (Wildman–Crippen LogP) is 2.33. The molecule has 20 heavy (non-hydrogen) atoms. The van der Waals surface area contributed by atoms with Gasteiger partial charge < -0.3 is 4.52 Å². The molecule has 0 aliphatic heterocycles. The fraction of sp³-hybridized carbons (Fsp3) is 0.786. The van der Waals surface area contributed by atoms with Gasteiger partial charge in [-0.05, 0) is 46.0 Å². The van der Waals surface area contributed by atoms with Crippen LogP contribution >= 0.6 is 0 Å². The molecular formula is C14H24N2O3S. The standard InChI is InChI=1S/C14H24N2O3S/c1-9(2)14(6-7-14)20(17,18)16-10(3)8-13-11(4)15-19-12(13)5/h9-10,16H,6-8H2,1-5H3. The van der Waals surface area contributed by atoms with Crippen LogP contribution in [0.25, 0.3) is 0 Å². The Bertz CT molecular complexity index is 566. The predicted molar refractivity (Wildman–Crippen MR) is 78.0 cm³/mol. The Morgan fingerprint density at radius 1 is 1.30 bits per heavy atom. The Morgan fingerprint density at radius 2 is 1.90 bits per heavy atom.